The van der Waals surface area contributed by atoms with Gasteiger partial charge in [-0.1, -0.05) is 30.3 Å². The van der Waals surface area contributed by atoms with Crippen molar-refractivity contribution in [2.24, 2.45) is 0 Å². The smallest absolute Gasteiger partial charge is 0.337 e. The maximum absolute atomic E-state index is 15.7. The highest BCUT2D eigenvalue weighted by Gasteiger charge is 2.40. The number of rotatable bonds is 8. The Morgan fingerprint density at radius 1 is 0.935 bits per heavy atom. The number of carboxylic acid groups (broad SMARTS) is 1. The monoisotopic (exact) mass is 653 g/mol. The topological polar surface area (TPSA) is 93.1 Å². The highest BCUT2D eigenvalue weighted by molar-refractivity contribution is 7.92. The minimum absolute atomic E-state index is 0.00775. The molecule has 4 aromatic carbocycles. The first kappa shape index (κ1) is 33.0. The summed E-state index contributed by atoms with van der Waals surface area (Å²) in [6.07, 6.45) is -0.705. The average Bonchev–Trinajstić information content (AvgIpc) is 2.97. The van der Waals surface area contributed by atoms with Crippen LogP contribution in [-0.2, 0) is 32.7 Å². The van der Waals surface area contributed by atoms with E-state index in [-0.39, 0.29) is 62.6 Å². The molecule has 0 saturated heterocycles. The van der Waals surface area contributed by atoms with E-state index in [2.05, 4.69) is 0 Å². The maximum Gasteiger partial charge on any atom is 0.337 e. The Balaban J connectivity index is 1.93. The number of anilines is 1. The van der Waals surface area contributed by atoms with Crippen molar-refractivity contribution in [3.05, 3.63) is 106 Å². The zero-order valence-electron chi connectivity index (χ0n) is 26.2. The number of sulfonamides is 1. The molecule has 1 aliphatic heterocycles. The zero-order valence-corrected chi connectivity index (χ0v) is 27.1. The Morgan fingerprint density at radius 2 is 1.59 bits per heavy atom. The maximum atomic E-state index is 15.7. The third-order valence-corrected chi connectivity index (χ3v) is 8.94. The molecule has 46 heavy (non-hydrogen) atoms. The molecule has 0 bridgehead atoms. The largest absolute Gasteiger partial charge is 0.488 e. The first-order valence-corrected chi connectivity index (χ1v) is 16.3. The van der Waals surface area contributed by atoms with Gasteiger partial charge in [-0.05, 0) is 81.1 Å². The molecule has 7 nitrogen and oxygen atoms in total. The van der Waals surface area contributed by atoms with E-state index in [9.17, 15) is 22.7 Å². The normalized spacial score (nSPS) is 13.6. The van der Waals surface area contributed by atoms with Gasteiger partial charge in [-0.25, -0.2) is 26.4 Å². The molecule has 0 aliphatic carbocycles. The van der Waals surface area contributed by atoms with Crippen molar-refractivity contribution in [1.82, 2.24) is 0 Å². The summed E-state index contributed by atoms with van der Waals surface area (Å²) in [7, 11) is -4.10. The Kier molecular flexibility index (Phi) is 8.69. The molecule has 1 atom stereocenters. The van der Waals surface area contributed by atoms with Gasteiger partial charge >= 0.3 is 5.97 Å². The molecule has 0 radical (unpaired) electrons. The van der Waals surface area contributed by atoms with Crippen molar-refractivity contribution < 1.29 is 41.0 Å². The average molecular weight is 654 g/mol. The molecule has 11 heteroatoms. The van der Waals surface area contributed by atoms with E-state index in [0.717, 1.165) is 34.3 Å². The third kappa shape index (κ3) is 6.21. The van der Waals surface area contributed by atoms with Crippen molar-refractivity contribution in [2.45, 2.75) is 59.5 Å². The Bertz CT molecular complexity index is 1960. The van der Waals surface area contributed by atoms with Crippen LogP contribution in [-0.4, -0.2) is 31.4 Å². The lowest BCUT2D eigenvalue weighted by Gasteiger charge is -2.37. The van der Waals surface area contributed by atoms with Gasteiger partial charge in [0, 0.05) is 33.9 Å². The Hall–Kier alpha value is -4.35. The van der Waals surface area contributed by atoms with Crippen molar-refractivity contribution in [1.29, 1.82) is 0 Å². The quantitative estimate of drug-likeness (QED) is 0.208. The van der Waals surface area contributed by atoms with E-state index in [1.54, 1.807) is 27.7 Å². The molecular formula is C35H34F3NO6S. The van der Waals surface area contributed by atoms with Crippen molar-refractivity contribution in [2.75, 3.05) is 10.6 Å². The third-order valence-electron chi connectivity index (χ3n) is 7.83. The minimum atomic E-state index is -4.10. The fourth-order valence-corrected chi connectivity index (χ4v) is 6.89. The molecule has 1 aliphatic rings. The van der Waals surface area contributed by atoms with Crippen LogP contribution >= 0.6 is 0 Å². The van der Waals surface area contributed by atoms with Crippen molar-refractivity contribution in [3.8, 4) is 28.0 Å². The molecule has 0 fully saturated rings. The van der Waals surface area contributed by atoms with Crippen LogP contribution in [0.3, 0.4) is 0 Å². The predicted molar refractivity (Wildman–Crippen MR) is 170 cm³/mol. The second-order valence-corrected chi connectivity index (χ2v) is 14.2. The van der Waals surface area contributed by atoms with Crippen LogP contribution in [0.1, 0.15) is 54.7 Å². The van der Waals surface area contributed by atoms with Gasteiger partial charge in [0.25, 0.3) is 0 Å². The van der Waals surface area contributed by atoms with Gasteiger partial charge in [-0.3, -0.25) is 4.31 Å². The second kappa shape index (κ2) is 12.1. The number of hydrogen-bond donors (Lipinski definition) is 1. The number of aliphatic carboxylic acids is 1. The summed E-state index contributed by atoms with van der Waals surface area (Å²) in [6, 6.07) is 14.8. The van der Waals surface area contributed by atoms with Crippen molar-refractivity contribution >= 4 is 21.7 Å². The summed E-state index contributed by atoms with van der Waals surface area (Å²) < 4.78 is 85.4. The first-order valence-electron chi connectivity index (χ1n) is 14.5. The van der Waals surface area contributed by atoms with Crippen LogP contribution in [0.5, 0.6) is 5.75 Å². The number of hydrogen-bond acceptors (Lipinski definition) is 5. The fraction of sp³-hybridized carbons (Fsp3) is 0.286. The lowest BCUT2D eigenvalue weighted by molar-refractivity contribution is -0.160. The SMILES string of the molecule is Cc1c(-c2ccc(F)cc2OCc2ccccc2)c([C@H](OC(C)(C)C)C(=O)O)c(C)c2c1-c1c(F)ccc(F)c1CN2S(C)(=O)=O. The molecular weight excluding hydrogens is 619 g/mol. The molecule has 0 spiro atoms. The number of fused-ring (bicyclic) bond motifs is 3. The van der Waals surface area contributed by atoms with E-state index in [1.165, 1.54) is 19.1 Å². The number of carboxylic acids is 1. The van der Waals surface area contributed by atoms with E-state index in [0.29, 0.717) is 0 Å². The van der Waals surface area contributed by atoms with Crippen LogP contribution in [0.4, 0.5) is 18.9 Å². The van der Waals surface area contributed by atoms with Gasteiger partial charge in [-0.2, -0.15) is 0 Å². The summed E-state index contributed by atoms with van der Waals surface area (Å²) >= 11 is 0. The molecule has 242 valence electrons. The fourth-order valence-electron chi connectivity index (χ4n) is 5.97. The van der Waals surface area contributed by atoms with Crippen LogP contribution in [0, 0.1) is 31.3 Å². The van der Waals surface area contributed by atoms with Crippen LogP contribution in [0.2, 0.25) is 0 Å². The summed E-state index contributed by atoms with van der Waals surface area (Å²) in [5, 5.41) is 10.6. The Labute approximate surface area is 266 Å². The van der Waals surface area contributed by atoms with Crippen molar-refractivity contribution in [3.63, 3.8) is 0 Å². The van der Waals surface area contributed by atoms with E-state index >= 15 is 8.78 Å². The number of ether oxygens (including phenoxy) is 2. The van der Waals surface area contributed by atoms with Gasteiger partial charge in [0.15, 0.2) is 6.10 Å². The zero-order chi connectivity index (χ0) is 33.7. The van der Waals surface area contributed by atoms with E-state index < -0.39 is 51.7 Å². The molecule has 4 aromatic rings. The standard InChI is InChI=1S/C35H34F3NO6S/c1-19-28(23-13-12-22(36)16-27(23)44-18-21-10-8-7-9-11-21)30(33(34(40)41)45-35(3,4)5)20(2)32-29(19)31-24(17-39(32)46(6,42)43)25(37)14-15-26(31)38/h7-16,33H,17-18H2,1-6H3,(H,40,41)/t33-/m0/s1. The summed E-state index contributed by atoms with van der Waals surface area (Å²) in [6.45, 7) is 7.64. The van der Waals surface area contributed by atoms with Crippen LogP contribution < -0.4 is 9.04 Å². The van der Waals surface area contributed by atoms with E-state index in [1.807, 2.05) is 30.3 Å². The second-order valence-electron chi connectivity index (χ2n) is 12.3. The number of carbonyl (C=O) groups is 1. The van der Waals surface area contributed by atoms with Gasteiger partial charge in [0.05, 0.1) is 24.1 Å². The summed E-state index contributed by atoms with van der Waals surface area (Å²) in [4.78, 5) is 13.0. The molecule has 0 aromatic heterocycles. The summed E-state index contributed by atoms with van der Waals surface area (Å²) in [5.41, 5.74) is 0.501. The van der Waals surface area contributed by atoms with Gasteiger partial charge < -0.3 is 14.6 Å². The minimum Gasteiger partial charge on any atom is -0.488 e. The van der Waals surface area contributed by atoms with Gasteiger partial charge in [-0.15, -0.1) is 0 Å². The lowest BCUT2D eigenvalue weighted by Crippen LogP contribution is -2.35. The number of benzene rings is 4. The first-order chi connectivity index (χ1) is 21.5. The summed E-state index contributed by atoms with van der Waals surface area (Å²) in [5.74, 6) is -3.52. The van der Waals surface area contributed by atoms with Gasteiger partial charge in [0.1, 0.15) is 29.8 Å². The van der Waals surface area contributed by atoms with E-state index in [4.69, 9.17) is 9.47 Å². The molecule has 0 saturated carbocycles. The molecule has 1 heterocycles. The molecule has 5 rings (SSSR count). The van der Waals surface area contributed by atoms with Crippen LogP contribution in [0.15, 0.2) is 60.7 Å². The lowest BCUT2D eigenvalue weighted by atomic mass is 9.79. The van der Waals surface area contributed by atoms with Crippen LogP contribution in [0.25, 0.3) is 22.3 Å². The van der Waals surface area contributed by atoms with Gasteiger partial charge in [0.2, 0.25) is 10.0 Å². The number of nitrogens with zero attached hydrogens (tertiary/aromatic N) is 1. The highest BCUT2D eigenvalue weighted by Crippen LogP contribution is 2.53. The Morgan fingerprint density at radius 3 is 2.20 bits per heavy atom. The molecule has 0 amide bonds. The molecule has 1 N–H and O–H groups in total. The highest BCUT2D eigenvalue weighted by atomic mass is 32.2. The molecule has 0 unspecified atom stereocenters. The predicted octanol–water partition coefficient (Wildman–Crippen LogP) is 7.85. The number of halogens is 3.